The van der Waals surface area contributed by atoms with Gasteiger partial charge < -0.3 is 15.3 Å². The molecule has 6 nitrogen and oxygen atoms in total. The summed E-state index contributed by atoms with van der Waals surface area (Å²) in [5.41, 5.74) is 3.49. The molecular formula is C30H28FN3O3S. The van der Waals surface area contributed by atoms with Gasteiger partial charge in [-0.1, -0.05) is 60.7 Å². The van der Waals surface area contributed by atoms with Crippen molar-refractivity contribution in [3.05, 3.63) is 106 Å². The smallest absolute Gasteiger partial charge is 0.275 e. The predicted octanol–water partition coefficient (Wildman–Crippen LogP) is 5.51. The summed E-state index contributed by atoms with van der Waals surface area (Å²) >= 11 is 1.45. The van der Waals surface area contributed by atoms with E-state index in [-0.39, 0.29) is 23.5 Å². The Kier molecular flexibility index (Phi) is 7.91. The third kappa shape index (κ3) is 5.98. The van der Waals surface area contributed by atoms with E-state index in [0.717, 1.165) is 34.5 Å². The minimum atomic E-state index is -1.05. The molecule has 1 atom stereocenters. The summed E-state index contributed by atoms with van der Waals surface area (Å²) in [6.45, 7) is 1.09. The molecule has 0 spiro atoms. The number of thiazole rings is 1. The van der Waals surface area contributed by atoms with Gasteiger partial charge in [0.1, 0.15) is 17.6 Å². The second kappa shape index (κ2) is 11.7. The van der Waals surface area contributed by atoms with Crippen molar-refractivity contribution in [2.45, 2.75) is 31.3 Å². The van der Waals surface area contributed by atoms with E-state index in [0.29, 0.717) is 30.9 Å². The highest BCUT2D eigenvalue weighted by Crippen LogP contribution is 2.32. The molecule has 0 bridgehead atoms. The number of halogens is 1. The number of hydrogen-bond acceptors (Lipinski definition) is 5. The van der Waals surface area contributed by atoms with E-state index in [1.165, 1.54) is 23.5 Å². The van der Waals surface area contributed by atoms with Crippen molar-refractivity contribution in [1.29, 1.82) is 0 Å². The number of carbonyl (C=O) groups excluding carboxylic acids is 2. The van der Waals surface area contributed by atoms with Gasteiger partial charge in [-0.15, -0.1) is 11.3 Å². The maximum absolute atomic E-state index is 13.4. The van der Waals surface area contributed by atoms with Gasteiger partial charge in [-0.3, -0.25) is 9.59 Å². The first-order chi connectivity index (χ1) is 18.5. The molecule has 1 fully saturated rings. The first-order valence-corrected chi connectivity index (χ1v) is 13.5. The molecule has 2 N–H and O–H groups in total. The van der Waals surface area contributed by atoms with Crippen LogP contribution < -0.4 is 5.32 Å². The van der Waals surface area contributed by atoms with E-state index >= 15 is 0 Å². The van der Waals surface area contributed by atoms with Crippen LogP contribution in [0.3, 0.4) is 0 Å². The number of anilines is 1. The van der Waals surface area contributed by atoms with Gasteiger partial charge in [0, 0.05) is 42.1 Å². The molecule has 0 radical (unpaired) electrons. The molecule has 1 aliphatic rings. The molecule has 1 aliphatic heterocycles. The van der Waals surface area contributed by atoms with Crippen LogP contribution in [-0.4, -0.2) is 46.0 Å². The first kappa shape index (κ1) is 25.8. The number of amides is 2. The van der Waals surface area contributed by atoms with Gasteiger partial charge in [-0.05, 0) is 42.2 Å². The predicted molar refractivity (Wildman–Crippen MR) is 147 cm³/mol. The van der Waals surface area contributed by atoms with Crippen LogP contribution >= 0.6 is 11.3 Å². The van der Waals surface area contributed by atoms with E-state index < -0.39 is 6.10 Å². The lowest BCUT2D eigenvalue weighted by Gasteiger charge is -2.32. The molecule has 1 aromatic heterocycles. The van der Waals surface area contributed by atoms with Crippen molar-refractivity contribution in [1.82, 2.24) is 9.88 Å². The van der Waals surface area contributed by atoms with Crippen molar-refractivity contribution >= 4 is 28.8 Å². The van der Waals surface area contributed by atoms with Gasteiger partial charge in [0.05, 0.1) is 5.01 Å². The van der Waals surface area contributed by atoms with Crippen molar-refractivity contribution in [2.75, 3.05) is 18.4 Å². The number of nitrogens with one attached hydrogen (secondary N) is 1. The molecule has 8 heteroatoms. The van der Waals surface area contributed by atoms with Gasteiger partial charge in [0.15, 0.2) is 0 Å². The Balaban J connectivity index is 1.18. The Hall–Kier alpha value is -3.88. The summed E-state index contributed by atoms with van der Waals surface area (Å²) in [5, 5.41) is 16.0. The van der Waals surface area contributed by atoms with Crippen LogP contribution in [0.1, 0.15) is 39.8 Å². The van der Waals surface area contributed by atoms with Crippen LogP contribution in [0.15, 0.2) is 84.2 Å². The largest absolute Gasteiger partial charge is 0.383 e. The maximum Gasteiger partial charge on any atom is 0.275 e. The molecule has 2 amide bonds. The number of rotatable bonds is 7. The van der Waals surface area contributed by atoms with Gasteiger partial charge in [-0.2, -0.15) is 0 Å². The Labute approximate surface area is 224 Å². The molecule has 4 aromatic rings. The Bertz CT molecular complexity index is 1400. The molecule has 2 heterocycles. The fourth-order valence-corrected chi connectivity index (χ4v) is 5.69. The Morgan fingerprint density at radius 2 is 1.68 bits per heavy atom. The van der Waals surface area contributed by atoms with Gasteiger partial charge in [0.25, 0.3) is 11.8 Å². The van der Waals surface area contributed by atoms with E-state index in [9.17, 15) is 19.1 Å². The molecule has 0 unspecified atom stereocenters. The number of likely N-dealkylation sites (tertiary alicyclic amines) is 1. The topological polar surface area (TPSA) is 82.5 Å². The number of nitrogens with zero attached hydrogens (tertiary/aromatic N) is 2. The van der Waals surface area contributed by atoms with Crippen molar-refractivity contribution in [2.24, 2.45) is 0 Å². The summed E-state index contributed by atoms with van der Waals surface area (Å²) in [7, 11) is 0. The summed E-state index contributed by atoms with van der Waals surface area (Å²) < 4.78 is 13.4. The van der Waals surface area contributed by atoms with Gasteiger partial charge in [-0.25, -0.2) is 9.37 Å². The zero-order valence-electron chi connectivity index (χ0n) is 20.7. The third-order valence-electron chi connectivity index (χ3n) is 6.80. The lowest BCUT2D eigenvalue weighted by Crippen LogP contribution is -2.44. The summed E-state index contributed by atoms with van der Waals surface area (Å²) in [6, 6.07) is 23.0. The maximum atomic E-state index is 13.4. The molecular weight excluding hydrogens is 501 g/mol. The zero-order chi connectivity index (χ0) is 26.5. The molecule has 38 heavy (non-hydrogen) atoms. The minimum Gasteiger partial charge on any atom is -0.383 e. The number of aliphatic hydroxyl groups is 1. The van der Waals surface area contributed by atoms with E-state index in [1.807, 2.05) is 54.6 Å². The molecule has 0 aliphatic carbocycles. The fraction of sp³-hybridized carbons (Fsp3) is 0.233. The first-order valence-electron chi connectivity index (χ1n) is 12.6. The standard InChI is InChI=1S/C30H28FN3O3S/c31-23-12-10-21(11-13-23)24-8-4-5-9-25(24)32-28(36)26-19-38-29(33-26)22-14-16-34(17-15-22)30(37)27(35)18-20-6-2-1-3-7-20/h1-13,19,22,27,35H,14-18H2,(H,32,36)/t27-/m1/s1. The van der Waals surface area contributed by atoms with Gasteiger partial charge >= 0.3 is 0 Å². The normalized spacial score (nSPS) is 14.7. The number of carbonyl (C=O) groups is 2. The van der Waals surface area contributed by atoms with Crippen LogP contribution in [-0.2, 0) is 11.2 Å². The number of benzene rings is 3. The second-order valence-electron chi connectivity index (χ2n) is 9.38. The quantitative estimate of drug-likeness (QED) is 0.331. The summed E-state index contributed by atoms with van der Waals surface area (Å²) in [5.74, 6) is -0.711. The van der Waals surface area contributed by atoms with Gasteiger partial charge in [0.2, 0.25) is 0 Å². The van der Waals surface area contributed by atoms with E-state index in [2.05, 4.69) is 10.3 Å². The number of hydrogen-bond donors (Lipinski definition) is 2. The van der Waals surface area contributed by atoms with Crippen LogP contribution in [0.5, 0.6) is 0 Å². The zero-order valence-corrected chi connectivity index (χ0v) is 21.5. The van der Waals surface area contributed by atoms with Crippen LogP contribution in [0, 0.1) is 5.82 Å². The SMILES string of the molecule is O=C(Nc1ccccc1-c1ccc(F)cc1)c1csc(C2CCN(C(=O)[C@H](O)Cc3ccccc3)CC2)n1. The number of para-hydroxylation sites is 1. The van der Waals surface area contributed by atoms with Crippen LogP contribution in [0.4, 0.5) is 10.1 Å². The van der Waals surface area contributed by atoms with Crippen LogP contribution in [0.2, 0.25) is 0 Å². The lowest BCUT2D eigenvalue weighted by atomic mass is 9.96. The van der Waals surface area contributed by atoms with E-state index in [1.54, 1.807) is 22.4 Å². The van der Waals surface area contributed by atoms with Crippen molar-refractivity contribution in [3.63, 3.8) is 0 Å². The van der Waals surface area contributed by atoms with Crippen molar-refractivity contribution in [3.8, 4) is 11.1 Å². The average molecular weight is 530 g/mol. The Morgan fingerprint density at radius 1 is 1.00 bits per heavy atom. The number of aliphatic hydroxyl groups excluding tert-OH is 1. The number of piperidine rings is 1. The lowest BCUT2D eigenvalue weighted by molar-refractivity contribution is -0.141. The second-order valence-corrected chi connectivity index (χ2v) is 10.3. The molecule has 0 saturated carbocycles. The molecule has 1 saturated heterocycles. The highest BCUT2D eigenvalue weighted by atomic mass is 32.1. The minimum absolute atomic E-state index is 0.156. The monoisotopic (exact) mass is 529 g/mol. The molecule has 5 rings (SSSR count). The van der Waals surface area contributed by atoms with Crippen molar-refractivity contribution < 1.29 is 19.1 Å². The summed E-state index contributed by atoms with van der Waals surface area (Å²) in [6.07, 6.45) is 0.703. The number of aromatic nitrogens is 1. The Morgan fingerprint density at radius 3 is 2.42 bits per heavy atom. The molecule has 3 aromatic carbocycles. The highest BCUT2D eigenvalue weighted by molar-refractivity contribution is 7.10. The highest BCUT2D eigenvalue weighted by Gasteiger charge is 2.29. The van der Waals surface area contributed by atoms with Crippen LogP contribution in [0.25, 0.3) is 11.1 Å². The molecule has 194 valence electrons. The van der Waals surface area contributed by atoms with E-state index in [4.69, 9.17) is 0 Å². The summed E-state index contributed by atoms with van der Waals surface area (Å²) in [4.78, 5) is 32.1. The third-order valence-corrected chi connectivity index (χ3v) is 7.81. The fourth-order valence-electron chi connectivity index (χ4n) is 4.72. The average Bonchev–Trinajstić information content (AvgIpc) is 3.45.